The SMILES string of the molecule is NS(=O)(=O)CC1CC(=O)N(c2ncc(C(=O)O)o2)C1. The topological polar surface area (TPSA) is 144 Å². The maximum Gasteiger partial charge on any atom is 0.373 e. The number of aromatic carboxylic acids is 1. The van der Waals surface area contributed by atoms with Crippen molar-refractivity contribution in [3.05, 3.63) is 12.0 Å². The van der Waals surface area contributed by atoms with Crippen LogP contribution in [0.4, 0.5) is 6.01 Å². The monoisotopic (exact) mass is 289 g/mol. The van der Waals surface area contributed by atoms with Crippen molar-refractivity contribution in [2.45, 2.75) is 6.42 Å². The Bertz CT molecular complexity index is 622. The molecule has 3 N–H and O–H groups in total. The van der Waals surface area contributed by atoms with Crippen LogP contribution in [0.15, 0.2) is 10.6 Å². The molecule has 0 saturated carbocycles. The number of oxazole rings is 1. The van der Waals surface area contributed by atoms with Gasteiger partial charge in [-0.15, -0.1) is 0 Å². The normalized spacial score (nSPS) is 19.9. The number of nitrogens with zero attached hydrogens (tertiary/aromatic N) is 2. The molecule has 1 aliphatic heterocycles. The first kappa shape index (κ1) is 13.5. The van der Waals surface area contributed by atoms with Gasteiger partial charge in [-0.25, -0.2) is 23.3 Å². The van der Waals surface area contributed by atoms with Crippen LogP contribution < -0.4 is 10.0 Å². The number of rotatable bonds is 4. The third-order valence-electron chi connectivity index (χ3n) is 2.61. The van der Waals surface area contributed by atoms with E-state index in [4.69, 9.17) is 14.7 Å². The predicted molar refractivity (Wildman–Crippen MR) is 61.9 cm³/mol. The van der Waals surface area contributed by atoms with Crippen molar-refractivity contribution in [2.24, 2.45) is 11.1 Å². The van der Waals surface area contributed by atoms with Gasteiger partial charge >= 0.3 is 12.0 Å². The zero-order valence-corrected chi connectivity index (χ0v) is 10.5. The van der Waals surface area contributed by atoms with Gasteiger partial charge in [0.2, 0.25) is 21.7 Å². The number of aromatic nitrogens is 1. The highest BCUT2D eigenvalue weighted by atomic mass is 32.2. The lowest BCUT2D eigenvalue weighted by Crippen LogP contribution is -2.27. The van der Waals surface area contributed by atoms with Crippen molar-refractivity contribution >= 4 is 27.9 Å². The van der Waals surface area contributed by atoms with E-state index in [1.807, 2.05) is 0 Å². The number of primary sulfonamides is 1. The number of nitrogens with two attached hydrogens (primary N) is 1. The molecular formula is C9H11N3O6S. The Morgan fingerprint density at radius 2 is 2.32 bits per heavy atom. The summed E-state index contributed by atoms with van der Waals surface area (Å²) in [6.45, 7) is 0.0782. The zero-order chi connectivity index (χ0) is 14.2. The lowest BCUT2D eigenvalue weighted by molar-refractivity contribution is -0.117. The highest BCUT2D eigenvalue weighted by Crippen LogP contribution is 2.25. The molecule has 1 saturated heterocycles. The molecule has 10 heteroatoms. The van der Waals surface area contributed by atoms with E-state index in [-0.39, 0.29) is 30.6 Å². The van der Waals surface area contributed by atoms with Gasteiger partial charge in [0.25, 0.3) is 0 Å². The van der Waals surface area contributed by atoms with Crippen molar-refractivity contribution < 1.29 is 27.5 Å². The third-order valence-corrected chi connectivity index (χ3v) is 3.54. The van der Waals surface area contributed by atoms with Crippen molar-refractivity contribution in [1.29, 1.82) is 0 Å². The molecule has 1 aromatic heterocycles. The number of hydrogen-bond acceptors (Lipinski definition) is 6. The Balaban J connectivity index is 2.13. The molecule has 2 rings (SSSR count). The summed E-state index contributed by atoms with van der Waals surface area (Å²) < 4.78 is 26.8. The summed E-state index contributed by atoms with van der Waals surface area (Å²) in [6, 6.07) is -0.153. The standard InChI is InChI=1S/C9H11N3O6S/c10-19(16,17)4-5-1-7(13)12(3-5)9-11-2-6(18-9)8(14)15/h2,5H,1,3-4H2,(H,14,15)(H2,10,16,17). The van der Waals surface area contributed by atoms with Gasteiger partial charge in [0, 0.05) is 18.9 Å². The van der Waals surface area contributed by atoms with Gasteiger partial charge in [0.1, 0.15) is 0 Å². The summed E-state index contributed by atoms with van der Waals surface area (Å²) in [5, 5.41) is 13.6. The zero-order valence-electron chi connectivity index (χ0n) is 9.64. The number of carbonyl (C=O) groups excluding carboxylic acids is 1. The minimum atomic E-state index is -3.67. The van der Waals surface area contributed by atoms with Gasteiger partial charge in [-0.2, -0.15) is 0 Å². The average Bonchev–Trinajstić information content (AvgIpc) is 2.82. The predicted octanol–water partition coefficient (Wildman–Crippen LogP) is -0.986. The molecule has 104 valence electrons. The number of amides is 1. The van der Waals surface area contributed by atoms with Crippen LogP contribution in [-0.2, 0) is 14.8 Å². The van der Waals surface area contributed by atoms with Crippen molar-refractivity contribution in [1.82, 2.24) is 4.98 Å². The van der Waals surface area contributed by atoms with Crippen LogP contribution in [0, 0.1) is 5.92 Å². The molecule has 0 spiro atoms. The number of anilines is 1. The van der Waals surface area contributed by atoms with E-state index in [0.717, 1.165) is 11.1 Å². The second kappa shape index (κ2) is 4.63. The Kier molecular flexibility index (Phi) is 3.28. The quantitative estimate of drug-likeness (QED) is 0.724. The van der Waals surface area contributed by atoms with Gasteiger partial charge in [-0.1, -0.05) is 0 Å². The lowest BCUT2D eigenvalue weighted by Gasteiger charge is -2.11. The molecule has 0 bridgehead atoms. The van der Waals surface area contributed by atoms with Gasteiger partial charge in [0.15, 0.2) is 0 Å². The molecule has 2 heterocycles. The summed E-state index contributed by atoms with van der Waals surface area (Å²) in [5.74, 6) is -2.85. The minimum absolute atomic E-state index is 0.00121. The number of hydrogen-bond donors (Lipinski definition) is 2. The molecule has 1 aromatic rings. The second-order valence-corrected chi connectivity index (χ2v) is 5.88. The van der Waals surface area contributed by atoms with E-state index < -0.39 is 27.7 Å². The van der Waals surface area contributed by atoms with E-state index in [2.05, 4.69) is 4.98 Å². The van der Waals surface area contributed by atoms with Crippen LogP contribution in [0.5, 0.6) is 0 Å². The van der Waals surface area contributed by atoms with E-state index in [9.17, 15) is 18.0 Å². The molecule has 1 aliphatic rings. The maximum absolute atomic E-state index is 11.7. The van der Waals surface area contributed by atoms with Gasteiger partial charge in [-0.3, -0.25) is 9.69 Å². The number of carboxylic acid groups (broad SMARTS) is 1. The lowest BCUT2D eigenvalue weighted by atomic mass is 10.1. The Hall–Kier alpha value is -1.94. The molecule has 0 aromatic carbocycles. The maximum atomic E-state index is 11.7. The van der Waals surface area contributed by atoms with Gasteiger partial charge in [-0.05, 0) is 0 Å². The summed E-state index contributed by atoms with van der Waals surface area (Å²) in [7, 11) is -3.67. The molecule has 9 nitrogen and oxygen atoms in total. The minimum Gasteiger partial charge on any atom is -0.475 e. The van der Waals surface area contributed by atoms with E-state index in [1.54, 1.807) is 0 Å². The largest absolute Gasteiger partial charge is 0.475 e. The van der Waals surface area contributed by atoms with Crippen LogP contribution in [0.3, 0.4) is 0 Å². The third kappa shape index (κ3) is 3.09. The number of carboxylic acids is 1. The molecule has 0 aliphatic carbocycles. The molecule has 1 atom stereocenters. The Morgan fingerprint density at radius 3 is 2.84 bits per heavy atom. The fourth-order valence-corrected chi connectivity index (χ4v) is 2.78. The smallest absolute Gasteiger partial charge is 0.373 e. The first-order valence-corrected chi connectivity index (χ1v) is 6.98. The molecule has 19 heavy (non-hydrogen) atoms. The van der Waals surface area contributed by atoms with Crippen molar-refractivity contribution in [3.8, 4) is 0 Å². The first-order valence-electron chi connectivity index (χ1n) is 5.26. The fraction of sp³-hybridized carbons (Fsp3) is 0.444. The molecule has 1 fully saturated rings. The first-order chi connectivity index (χ1) is 8.76. The molecule has 1 unspecified atom stereocenters. The van der Waals surface area contributed by atoms with E-state index in [1.165, 1.54) is 0 Å². The summed E-state index contributed by atoms with van der Waals surface area (Å²) in [4.78, 5) is 27.1. The van der Waals surface area contributed by atoms with E-state index in [0.29, 0.717) is 0 Å². The van der Waals surface area contributed by atoms with Gasteiger partial charge in [0.05, 0.1) is 11.9 Å². The van der Waals surface area contributed by atoms with Crippen LogP contribution >= 0.6 is 0 Å². The van der Waals surface area contributed by atoms with Crippen LogP contribution in [0.1, 0.15) is 17.0 Å². The van der Waals surface area contributed by atoms with E-state index >= 15 is 0 Å². The Morgan fingerprint density at radius 1 is 1.63 bits per heavy atom. The highest BCUT2D eigenvalue weighted by Gasteiger charge is 2.35. The van der Waals surface area contributed by atoms with Gasteiger partial charge < -0.3 is 9.52 Å². The molecular weight excluding hydrogens is 278 g/mol. The summed E-state index contributed by atoms with van der Waals surface area (Å²) in [5.41, 5.74) is 0. The number of carbonyl (C=O) groups is 2. The van der Waals surface area contributed by atoms with Crippen LogP contribution in [0.25, 0.3) is 0 Å². The highest BCUT2D eigenvalue weighted by molar-refractivity contribution is 7.89. The molecule has 0 radical (unpaired) electrons. The van der Waals surface area contributed by atoms with Crippen LogP contribution in [-0.4, -0.2) is 42.7 Å². The Labute approximate surface area is 108 Å². The second-order valence-electron chi connectivity index (χ2n) is 4.22. The van der Waals surface area contributed by atoms with Crippen LogP contribution in [0.2, 0.25) is 0 Å². The summed E-state index contributed by atoms with van der Waals surface area (Å²) >= 11 is 0. The molecule has 1 amide bonds. The van der Waals surface area contributed by atoms with Crippen molar-refractivity contribution in [2.75, 3.05) is 17.2 Å². The average molecular weight is 289 g/mol. The summed E-state index contributed by atoms with van der Waals surface area (Å²) in [6.07, 6.45) is 0.985. The fourth-order valence-electron chi connectivity index (χ4n) is 1.90. The van der Waals surface area contributed by atoms with Crippen molar-refractivity contribution in [3.63, 3.8) is 0 Å². The number of sulfonamides is 1.